The van der Waals surface area contributed by atoms with E-state index in [-0.39, 0.29) is 0 Å². The Hall–Kier alpha value is -2.29. The van der Waals surface area contributed by atoms with Crippen LogP contribution < -0.4 is 4.74 Å². The zero-order chi connectivity index (χ0) is 14.5. The lowest BCUT2D eigenvalue weighted by Crippen LogP contribution is -2.01. The minimum absolute atomic E-state index is 0.367. The SMILES string of the molecule is COc1ccccc1CCc1ccc(C(=O)O)c(C)c1. The Morgan fingerprint density at radius 3 is 2.55 bits per heavy atom. The molecule has 1 N–H and O–H groups in total. The van der Waals surface area contributed by atoms with Gasteiger partial charge in [0.2, 0.25) is 0 Å². The van der Waals surface area contributed by atoms with Crippen molar-refractivity contribution in [3.63, 3.8) is 0 Å². The van der Waals surface area contributed by atoms with Gasteiger partial charge < -0.3 is 9.84 Å². The predicted molar refractivity (Wildman–Crippen MR) is 78.5 cm³/mol. The minimum atomic E-state index is -0.876. The molecule has 0 fully saturated rings. The predicted octanol–water partition coefficient (Wildman–Crippen LogP) is 3.49. The fourth-order valence-corrected chi connectivity index (χ4v) is 2.31. The number of aromatic carboxylic acids is 1. The van der Waals surface area contributed by atoms with Gasteiger partial charge in [-0.15, -0.1) is 0 Å². The quantitative estimate of drug-likeness (QED) is 0.904. The molecule has 3 heteroatoms. The minimum Gasteiger partial charge on any atom is -0.496 e. The molecule has 2 aromatic rings. The van der Waals surface area contributed by atoms with Crippen LogP contribution >= 0.6 is 0 Å². The molecular formula is C17H18O3. The van der Waals surface area contributed by atoms with E-state index in [1.54, 1.807) is 13.2 Å². The van der Waals surface area contributed by atoms with Crippen LogP contribution in [0.4, 0.5) is 0 Å². The summed E-state index contributed by atoms with van der Waals surface area (Å²) in [6.45, 7) is 1.83. The zero-order valence-electron chi connectivity index (χ0n) is 11.7. The Bertz CT molecular complexity index is 617. The van der Waals surface area contributed by atoms with Crippen molar-refractivity contribution >= 4 is 5.97 Å². The molecule has 20 heavy (non-hydrogen) atoms. The number of rotatable bonds is 5. The maximum atomic E-state index is 11.0. The highest BCUT2D eigenvalue weighted by Crippen LogP contribution is 2.20. The first-order valence-corrected chi connectivity index (χ1v) is 6.56. The van der Waals surface area contributed by atoms with Crippen LogP contribution in [0.5, 0.6) is 5.75 Å². The fraction of sp³-hybridized carbons (Fsp3) is 0.235. The number of para-hydroxylation sites is 1. The lowest BCUT2D eigenvalue weighted by atomic mass is 9.99. The molecular weight excluding hydrogens is 252 g/mol. The molecule has 2 aromatic carbocycles. The van der Waals surface area contributed by atoms with Crippen LogP contribution in [0.15, 0.2) is 42.5 Å². The van der Waals surface area contributed by atoms with Crippen LogP contribution in [0.1, 0.15) is 27.0 Å². The Kier molecular flexibility index (Phi) is 4.41. The molecule has 3 nitrogen and oxygen atoms in total. The number of benzene rings is 2. The third-order valence-electron chi connectivity index (χ3n) is 3.40. The van der Waals surface area contributed by atoms with E-state index in [1.807, 2.05) is 37.3 Å². The lowest BCUT2D eigenvalue weighted by molar-refractivity contribution is 0.0696. The number of aryl methyl sites for hydroxylation is 3. The van der Waals surface area contributed by atoms with Crippen molar-refractivity contribution in [2.45, 2.75) is 19.8 Å². The second-order valence-electron chi connectivity index (χ2n) is 4.77. The Morgan fingerprint density at radius 1 is 1.15 bits per heavy atom. The van der Waals surface area contributed by atoms with Crippen molar-refractivity contribution in [2.75, 3.05) is 7.11 Å². The van der Waals surface area contributed by atoms with E-state index >= 15 is 0 Å². The van der Waals surface area contributed by atoms with Crippen LogP contribution in [-0.4, -0.2) is 18.2 Å². The molecule has 0 aliphatic rings. The third kappa shape index (κ3) is 3.18. The maximum absolute atomic E-state index is 11.0. The summed E-state index contributed by atoms with van der Waals surface area (Å²) in [7, 11) is 1.67. The maximum Gasteiger partial charge on any atom is 0.335 e. The molecule has 0 bridgehead atoms. The van der Waals surface area contributed by atoms with Gasteiger partial charge in [0.1, 0.15) is 5.75 Å². The Labute approximate surface area is 118 Å². The zero-order valence-corrected chi connectivity index (χ0v) is 11.7. The summed E-state index contributed by atoms with van der Waals surface area (Å²) < 4.78 is 5.33. The smallest absolute Gasteiger partial charge is 0.335 e. The number of carboxylic acids is 1. The van der Waals surface area contributed by atoms with Crippen molar-refractivity contribution in [3.05, 3.63) is 64.7 Å². The summed E-state index contributed by atoms with van der Waals surface area (Å²) in [5.41, 5.74) is 3.47. The van der Waals surface area contributed by atoms with Crippen LogP contribution in [0.25, 0.3) is 0 Å². The average Bonchev–Trinajstić information content (AvgIpc) is 2.45. The van der Waals surface area contributed by atoms with Crippen molar-refractivity contribution < 1.29 is 14.6 Å². The molecule has 2 rings (SSSR count). The van der Waals surface area contributed by atoms with E-state index in [0.717, 1.165) is 35.3 Å². The number of hydrogen-bond acceptors (Lipinski definition) is 2. The van der Waals surface area contributed by atoms with Gasteiger partial charge in [-0.2, -0.15) is 0 Å². The summed E-state index contributed by atoms with van der Waals surface area (Å²) in [6, 6.07) is 13.5. The van der Waals surface area contributed by atoms with Gasteiger partial charge in [0.05, 0.1) is 12.7 Å². The van der Waals surface area contributed by atoms with Gasteiger partial charge in [0, 0.05) is 0 Å². The van der Waals surface area contributed by atoms with Crippen LogP contribution in [-0.2, 0) is 12.8 Å². The first-order valence-electron chi connectivity index (χ1n) is 6.56. The Morgan fingerprint density at radius 2 is 1.90 bits per heavy atom. The second-order valence-corrected chi connectivity index (χ2v) is 4.77. The van der Waals surface area contributed by atoms with Gasteiger partial charge in [-0.1, -0.05) is 30.3 Å². The molecule has 0 saturated heterocycles. The normalized spacial score (nSPS) is 10.3. The number of carboxylic acid groups (broad SMARTS) is 1. The van der Waals surface area contributed by atoms with E-state index in [2.05, 4.69) is 6.07 Å². The molecule has 0 atom stereocenters. The summed E-state index contributed by atoms with van der Waals surface area (Å²) in [5, 5.41) is 9.02. The van der Waals surface area contributed by atoms with E-state index in [0.29, 0.717) is 5.56 Å². The van der Waals surface area contributed by atoms with Gasteiger partial charge >= 0.3 is 5.97 Å². The van der Waals surface area contributed by atoms with Gasteiger partial charge in [-0.25, -0.2) is 4.79 Å². The summed E-state index contributed by atoms with van der Waals surface area (Å²) in [5.74, 6) is 0.0187. The first-order chi connectivity index (χ1) is 9.61. The fourth-order valence-electron chi connectivity index (χ4n) is 2.31. The van der Waals surface area contributed by atoms with E-state index in [4.69, 9.17) is 9.84 Å². The molecule has 0 amide bonds. The molecule has 0 spiro atoms. The topological polar surface area (TPSA) is 46.5 Å². The van der Waals surface area contributed by atoms with E-state index in [1.165, 1.54) is 0 Å². The highest BCUT2D eigenvalue weighted by Gasteiger charge is 2.08. The van der Waals surface area contributed by atoms with Crippen molar-refractivity contribution in [3.8, 4) is 5.75 Å². The summed E-state index contributed by atoms with van der Waals surface area (Å²) >= 11 is 0. The molecule has 0 radical (unpaired) electrons. The molecule has 0 heterocycles. The van der Waals surface area contributed by atoms with E-state index in [9.17, 15) is 4.79 Å². The molecule has 0 unspecified atom stereocenters. The van der Waals surface area contributed by atoms with Gasteiger partial charge in [0.25, 0.3) is 0 Å². The van der Waals surface area contributed by atoms with Crippen molar-refractivity contribution in [1.29, 1.82) is 0 Å². The van der Waals surface area contributed by atoms with Crippen LogP contribution in [0.3, 0.4) is 0 Å². The third-order valence-corrected chi connectivity index (χ3v) is 3.40. The monoisotopic (exact) mass is 270 g/mol. The van der Waals surface area contributed by atoms with Gasteiger partial charge in [-0.05, 0) is 48.6 Å². The number of carbonyl (C=O) groups is 1. The highest BCUT2D eigenvalue weighted by atomic mass is 16.5. The molecule has 0 aromatic heterocycles. The second kappa shape index (κ2) is 6.24. The van der Waals surface area contributed by atoms with E-state index < -0.39 is 5.97 Å². The Balaban J connectivity index is 2.11. The first kappa shape index (κ1) is 14.1. The van der Waals surface area contributed by atoms with Gasteiger partial charge in [0.15, 0.2) is 0 Å². The molecule has 0 saturated carbocycles. The number of methoxy groups -OCH3 is 1. The number of hydrogen-bond donors (Lipinski definition) is 1. The molecule has 104 valence electrons. The molecule has 0 aliphatic carbocycles. The summed E-state index contributed by atoms with van der Waals surface area (Å²) in [4.78, 5) is 11.0. The van der Waals surface area contributed by atoms with Crippen molar-refractivity contribution in [1.82, 2.24) is 0 Å². The average molecular weight is 270 g/mol. The molecule has 0 aliphatic heterocycles. The largest absolute Gasteiger partial charge is 0.496 e. The highest BCUT2D eigenvalue weighted by molar-refractivity contribution is 5.89. The van der Waals surface area contributed by atoms with Crippen LogP contribution in [0.2, 0.25) is 0 Å². The van der Waals surface area contributed by atoms with Gasteiger partial charge in [-0.3, -0.25) is 0 Å². The van der Waals surface area contributed by atoms with Crippen LogP contribution in [0, 0.1) is 6.92 Å². The number of ether oxygens (including phenoxy) is 1. The van der Waals surface area contributed by atoms with Crippen molar-refractivity contribution in [2.24, 2.45) is 0 Å². The standard InChI is InChI=1S/C17H18O3/c1-12-11-13(8-10-15(12)17(18)19)7-9-14-5-3-4-6-16(14)20-2/h3-6,8,10-11H,7,9H2,1-2H3,(H,18,19). The lowest BCUT2D eigenvalue weighted by Gasteiger charge is -2.09. The summed E-state index contributed by atoms with van der Waals surface area (Å²) in [6.07, 6.45) is 1.73.